The van der Waals surface area contributed by atoms with Gasteiger partial charge >= 0.3 is 0 Å². The molecule has 1 saturated carbocycles. The molecule has 3 aromatic rings. The van der Waals surface area contributed by atoms with Crippen molar-refractivity contribution in [3.8, 4) is 17.2 Å². The number of amides is 2. The monoisotopic (exact) mass is 608 g/mol. The number of hydrazone groups is 1. The molecule has 1 aliphatic rings. The first kappa shape index (κ1) is 31.4. The number of rotatable bonds is 13. The number of nitrogens with zero attached hydrogens (tertiary/aromatic N) is 2. The maximum atomic E-state index is 13.6. The van der Waals surface area contributed by atoms with Crippen molar-refractivity contribution in [3.63, 3.8) is 0 Å². The first-order valence-electron chi connectivity index (χ1n) is 13.9. The zero-order chi connectivity index (χ0) is 30.7. The van der Waals surface area contributed by atoms with Gasteiger partial charge < -0.3 is 19.5 Å². The number of ether oxygens (including phenoxy) is 3. The number of carbonyl (C=O) groups excluding carboxylic acids is 2. The third-order valence-electron chi connectivity index (χ3n) is 6.90. The van der Waals surface area contributed by atoms with E-state index >= 15 is 0 Å². The molecular weight excluding hydrogens is 572 g/mol. The number of hydrogen-bond acceptors (Lipinski definition) is 8. The Morgan fingerprint density at radius 1 is 0.907 bits per heavy atom. The van der Waals surface area contributed by atoms with Gasteiger partial charge in [-0.25, -0.2) is 13.8 Å². The van der Waals surface area contributed by atoms with E-state index in [4.69, 9.17) is 14.2 Å². The summed E-state index contributed by atoms with van der Waals surface area (Å²) >= 11 is 0. The summed E-state index contributed by atoms with van der Waals surface area (Å²) in [5.74, 6) is 0.332. The zero-order valence-corrected chi connectivity index (χ0v) is 25.0. The normalized spacial score (nSPS) is 13.7. The molecule has 0 radical (unpaired) electrons. The largest absolute Gasteiger partial charge is 0.497 e. The van der Waals surface area contributed by atoms with E-state index in [-0.39, 0.29) is 34.9 Å². The number of benzene rings is 3. The van der Waals surface area contributed by atoms with Crippen LogP contribution in [0.2, 0.25) is 0 Å². The third kappa shape index (κ3) is 8.71. The molecule has 2 amide bonds. The van der Waals surface area contributed by atoms with Crippen LogP contribution in [-0.4, -0.2) is 59.9 Å². The van der Waals surface area contributed by atoms with Crippen molar-refractivity contribution in [2.75, 3.05) is 31.7 Å². The maximum absolute atomic E-state index is 13.6. The second-order valence-corrected chi connectivity index (χ2v) is 11.8. The third-order valence-corrected chi connectivity index (χ3v) is 8.67. The lowest BCUT2D eigenvalue weighted by molar-refractivity contribution is -0.124. The smallest absolute Gasteiger partial charge is 0.264 e. The quantitative estimate of drug-likeness (QED) is 0.222. The van der Waals surface area contributed by atoms with Gasteiger partial charge in [-0.2, -0.15) is 5.10 Å². The number of methoxy groups -OCH3 is 2. The minimum absolute atomic E-state index is 0.00458. The molecule has 0 spiro atoms. The van der Waals surface area contributed by atoms with Gasteiger partial charge in [0.05, 0.1) is 31.0 Å². The van der Waals surface area contributed by atoms with Crippen LogP contribution in [0, 0.1) is 0 Å². The predicted octanol–water partition coefficient (Wildman–Crippen LogP) is 3.88. The Morgan fingerprint density at radius 3 is 2.28 bits per heavy atom. The molecule has 0 unspecified atom stereocenters. The molecule has 1 aliphatic carbocycles. The summed E-state index contributed by atoms with van der Waals surface area (Å²) in [6, 6.07) is 19.5. The van der Waals surface area contributed by atoms with Gasteiger partial charge in [0.1, 0.15) is 23.8 Å². The van der Waals surface area contributed by atoms with E-state index in [1.165, 1.54) is 45.1 Å². The van der Waals surface area contributed by atoms with E-state index in [2.05, 4.69) is 15.8 Å². The molecule has 3 aromatic carbocycles. The highest BCUT2D eigenvalue weighted by atomic mass is 32.2. The highest BCUT2D eigenvalue weighted by Gasteiger charge is 2.30. The number of sulfonamides is 1. The average Bonchev–Trinajstić information content (AvgIpc) is 3.03. The maximum Gasteiger partial charge on any atom is 0.264 e. The summed E-state index contributed by atoms with van der Waals surface area (Å²) < 4.78 is 44.5. The van der Waals surface area contributed by atoms with Crippen LogP contribution < -0.4 is 29.3 Å². The van der Waals surface area contributed by atoms with Crippen molar-refractivity contribution in [3.05, 3.63) is 78.4 Å². The van der Waals surface area contributed by atoms with Crippen molar-refractivity contribution < 1.29 is 32.2 Å². The van der Waals surface area contributed by atoms with Gasteiger partial charge in [0.25, 0.3) is 21.8 Å². The molecular formula is C31H36N4O7S. The van der Waals surface area contributed by atoms with Crippen molar-refractivity contribution in [1.29, 1.82) is 0 Å². The molecule has 0 atom stereocenters. The summed E-state index contributed by atoms with van der Waals surface area (Å²) in [5.41, 5.74) is 3.17. The van der Waals surface area contributed by atoms with Crippen LogP contribution in [0.5, 0.6) is 17.2 Å². The van der Waals surface area contributed by atoms with Gasteiger partial charge in [-0.15, -0.1) is 0 Å². The molecule has 1 fully saturated rings. The molecule has 0 saturated heterocycles. The first-order chi connectivity index (χ1) is 20.8. The van der Waals surface area contributed by atoms with Gasteiger partial charge in [-0.1, -0.05) is 37.5 Å². The van der Waals surface area contributed by atoms with E-state index in [0.29, 0.717) is 17.1 Å². The molecule has 228 valence electrons. The van der Waals surface area contributed by atoms with Gasteiger partial charge in [0.2, 0.25) is 0 Å². The molecule has 43 heavy (non-hydrogen) atoms. The Labute approximate surface area is 251 Å². The fourth-order valence-corrected chi connectivity index (χ4v) is 6.12. The first-order valence-corrected chi connectivity index (χ1v) is 15.4. The Balaban J connectivity index is 1.39. The van der Waals surface area contributed by atoms with Crippen LogP contribution in [0.4, 0.5) is 5.69 Å². The molecule has 4 rings (SSSR count). The minimum atomic E-state index is -4.17. The van der Waals surface area contributed by atoms with Crippen LogP contribution in [0.15, 0.2) is 82.8 Å². The van der Waals surface area contributed by atoms with Crippen molar-refractivity contribution >= 4 is 33.7 Å². The lowest BCUT2D eigenvalue weighted by atomic mass is 9.95. The van der Waals surface area contributed by atoms with Gasteiger partial charge in [-0.05, 0) is 66.9 Å². The van der Waals surface area contributed by atoms with Crippen LogP contribution in [0.1, 0.15) is 37.7 Å². The van der Waals surface area contributed by atoms with Crippen LogP contribution in [-0.2, 0) is 19.6 Å². The van der Waals surface area contributed by atoms with Gasteiger partial charge in [-0.3, -0.25) is 13.9 Å². The highest BCUT2D eigenvalue weighted by Crippen LogP contribution is 2.35. The number of carbonyl (C=O) groups is 2. The Bertz CT molecular complexity index is 1510. The SMILES string of the molecule is COc1ccc(OC)c(N(CC(=O)N/N=C\c2ccc(OCC(=O)NC3CCCCC3)cc2)S(=O)(=O)c2ccccc2)c1. The molecule has 0 bridgehead atoms. The van der Waals surface area contributed by atoms with Crippen molar-refractivity contribution in [2.45, 2.75) is 43.0 Å². The lowest BCUT2D eigenvalue weighted by Crippen LogP contribution is -2.39. The Morgan fingerprint density at radius 2 is 1.60 bits per heavy atom. The molecule has 0 aliphatic heterocycles. The zero-order valence-electron chi connectivity index (χ0n) is 24.2. The molecule has 0 aromatic heterocycles. The summed E-state index contributed by atoms with van der Waals surface area (Å²) in [6.45, 7) is -0.645. The Hall–Kier alpha value is -4.58. The molecule has 2 N–H and O–H groups in total. The van der Waals surface area contributed by atoms with Crippen LogP contribution in [0.25, 0.3) is 0 Å². The Kier molecular flexibility index (Phi) is 11.0. The lowest BCUT2D eigenvalue weighted by Gasteiger charge is -2.25. The molecule has 12 heteroatoms. The van der Waals surface area contributed by atoms with Crippen molar-refractivity contribution in [2.24, 2.45) is 5.10 Å². The number of hydrogen-bond donors (Lipinski definition) is 2. The topological polar surface area (TPSA) is 136 Å². The summed E-state index contributed by atoms with van der Waals surface area (Å²) in [7, 11) is -1.30. The van der Waals surface area contributed by atoms with E-state index in [1.807, 2.05) is 0 Å². The fourth-order valence-electron chi connectivity index (χ4n) is 4.67. The minimum Gasteiger partial charge on any atom is -0.497 e. The number of anilines is 1. The highest BCUT2D eigenvalue weighted by molar-refractivity contribution is 7.92. The molecule has 11 nitrogen and oxygen atoms in total. The van der Waals surface area contributed by atoms with E-state index in [9.17, 15) is 18.0 Å². The van der Waals surface area contributed by atoms with E-state index in [0.717, 1.165) is 30.0 Å². The van der Waals surface area contributed by atoms with E-state index < -0.39 is 22.5 Å². The van der Waals surface area contributed by atoms with Crippen LogP contribution in [0.3, 0.4) is 0 Å². The second-order valence-electron chi connectivity index (χ2n) is 9.92. The summed E-state index contributed by atoms with van der Waals surface area (Å²) in [5, 5.41) is 7.00. The second kappa shape index (κ2) is 15.1. The molecule has 0 heterocycles. The fraction of sp³-hybridized carbons (Fsp3) is 0.323. The summed E-state index contributed by atoms with van der Waals surface area (Å²) in [4.78, 5) is 25.1. The van der Waals surface area contributed by atoms with Gasteiger partial charge in [0, 0.05) is 12.1 Å². The summed E-state index contributed by atoms with van der Waals surface area (Å²) in [6.07, 6.45) is 6.92. The van der Waals surface area contributed by atoms with Gasteiger partial charge in [0.15, 0.2) is 6.61 Å². The van der Waals surface area contributed by atoms with Crippen molar-refractivity contribution in [1.82, 2.24) is 10.7 Å². The predicted molar refractivity (Wildman–Crippen MR) is 163 cm³/mol. The standard InChI is InChI=1S/C31H36N4O7S/c1-40-26-17-18-29(41-2)28(19-26)35(43(38,39)27-11-7-4-8-12-27)21-30(36)34-32-20-23-13-15-25(16-14-23)42-22-31(37)33-24-9-5-3-6-10-24/h4,7-8,11-20,24H,3,5-6,9-10,21-22H2,1-2H3,(H,33,37)(H,34,36)/b32-20-. The average molecular weight is 609 g/mol. The van der Waals surface area contributed by atoms with Crippen LogP contribution >= 0.6 is 0 Å². The van der Waals surface area contributed by atoms with E-state index in [1.54, 1.807) is 54.6 Å². The number of nitrogens with one attached hydrogen (secondary N) is 2.